The van der Waals surface area contributed by atoms with E-state index in [0.29, 0.717) is 23.9 Å². The predicted octanol–water partition coefficient (Wildman–Crippen LogP) is 4.20. The molecular formula is C21H29BrN2O5Si. The maximum atomic E-state index is 12.7. The maximum Gasteiger partial charge on any atom is 0.349 e. The summed E-state index contributed by atoms with van der Waals surface area (Å²) in [6.07, 6.45) is -0.393. The molecule has 2 aromatic rings. The fourth-order valence-electron chi connectivity index (χ4n) is 5.01. The second kappa shape index (κ2) is 7.13. The highest BCUT2D eigenvalue weighted by molar-refractivity contribution is 9.10. The van der Waals surface area contributed by atoms with Gasteiger partial charge in [0.2, 0.25) is 0 Å². The lowest BCUT2D eigenvalue weighted by molar-refractivity contribution is -0.0800. The van der Waals surface area contributed by atoms with E-state index in [9.17, 15) is 9.59 Å². The molecule has 0 unspecified atom stereocenters. The number of benzene rings is 1. The van der Waals surface area contributed by atoms with Crippen LogP contribution in [0.5, 0.6) is 0 Å². The van der Waals surface area contributed by atoms with Crippen LogP contribution in [0.3, 0.4) is 0 Å². The van der Waals surface area contributed by atoms with Crippen molar-refractivity contribution in [2.45, 2.75) is 76.5 Å². The summed E-state index contributed by atoms with van der Waals surface area (Å²) in [4.78, 5) is 27.5. The number of H-pyrrole nitrogens is 1. The van der Waals surface area contributed by atoms with E-state index in [1.54, 1.807) is 12.1 Å². The molecule has 0 amide bonds. The molecule has 1 N–H and O–H groups in total. The smallest absolute Gasteiger partial charge is 0.349 e. The molecule has 2 saturated heterocycles. The van der Waals surface area contributed by atoms with Crippen LogP contribution in [0.4, 0.5) is 0 Å². The van der Waals surface area contributed by atoms with Gasteiger partial charge in [0.1, 0.15) is 12.3 Å². The third-order valence-electron chi connectivity index (χ3n) is 6.11. The van der Waals surface area contributed by atoms with Crippen molar-refractivity contribution in [1.29, 1.82) is 0 Å². The summed E-state index contributed by atoms with van der Waals surface area (Å²) in [5, 5.41) is 0.192. The zero-order valence-electron chi connectivity index (χ0n) is 18.2. The van der Waals surface area contributed by atoms with Crippen LogP contribution in [0.1, 0.15) is 54.2 Å². The molecule has 2 aliphatic rings. The summed E-state index contributed by atoms with van der Waals surface area (Å²) in [5.41, 5.74) is -0.337. The number of hydrogen-bond acceptors (Lipinski definition) is 5. The van der Waals surface area contributed by atoms with Crippen molar-refractivity contribution in [3.8, 4) is 0 Å². The molecule has 0 saturated carbocycles. The molecule has 30 heavy (non-hydrogen) atoms. The molecule has 0 bridgehead atoms. The van der Waals surface area contributed by atoms with Crippen LogP contribution in [0.25, 0.3) is 10.9 Å². The highest BCUT2D eigenvalue weighted by Crippen LogP contribution is 2.55. The van der Waals surface area contributed by atoms with Gasteiger partial charge in [-0.15, -0.1) is 0 Å². The van der Waals surface area contributed by atoms with Gasteiger partial charge in [-0.25, -0.2) is 4.79 Å². The molecule has 1 aromatic carbocycles. The fraction of sp³-hybridized carbons (Fsp3) is 0.619. The van der Waals surface area contributed by atoms with E-state index in [2.05, 4.69) is 62.5 Å². The number of ether oxygens (including phenoxy) is 1. The molecule has 0 aliphatic carbocycles. The molecule has 164 valence electrons. The molecule has 2 fully saturated rings. The van der Waals surface area contributed by atoms with Crippen molar-refractivity contribution in [3.63, 3.8) is 0 Å². The summed E-state index contributed by atoms with van der Waals surface area (Å²) in [6, 6.07) is 5.29. The average Bonchev–Trinajstić information content (AvgIpc) is 3.02. The molecule has 7 nitrogen and oxygen atoms in total. The van der Waals surface area contributed by atoms with Crippen molar-refractivity contribution >= 4 is 35.4 Å². The van der Waals surface area contributed by atoms with Crippen LogP contribution in [0.15, 0.2) is 32.3 Å². The summed E-state index contributed by atoms with van der Waals surface area (Å²) in [6.45, 7) is 13.5. The Morgan fingerprint density at radius 3 is 2.40 bits per heavy atom. The van der Waals surface area contributed by atoms with Gasteiger partial charge in [-0.05, 0) is 18.2 Å². The average molecular weight is 497 g/mol. The molecule has 9 heteroatoms. The summed E-state index contributed by atoms with van der Waals surface area (Å²) >= 11 is 3.39. The Hall–Kier alpha value is -1.26. The van der Waals surface area contributed by atoms with Crippen LogP contribution >= 0.6 is 15.9 Å². The first kappa shape index (κ1) is 21.9. The van der Waals surface area contributed by atoms with Gasteiger partial charge in [0, 0.05) is 21.0 Å². The van der Waals surface area contributed by atoms with Crippen LogP contribution in [-0.2, 0) is 13.6 Å². The van der Waals surface area contributed by atoms with Crippen molar-refractivity contribution < 1.29 is 13.6 Å². The van der Waals surface area contributed by atoms with Gasteiger partial charge in [-0.3, -0.25) is 14.3 Å². The number of nitrogens with zero attached hydrogens (tertiary/aromatic N) is 1. The van der Waals surface area contributed by atoms with E-state index in [4.69, 9.17) is 13.6 Å². The van der Waals surface area contributed by atoms with Gasteiger partial charge in [0.25, 0.3) is 5.56 Å². The van der Waals surface area contributed by atoms with Crippen LogP contribution < -0.4 is 11.2 Å². The van der Waals surface area contributed by atoms with E-state index in [-0.39, 0.29) is 22.3 Å². The number of aromatic nitrogens is 2. The van der Waals surface area contributed by atoms with Crippen LogP contribution in [0.2, 0.25) is 10.1 Å². The van der Waals surface area contributed by atoms with E-state index in [0.717, 1.165) is 4.47 Å². The van der Waals surface area contributed by atoms with Gasteiger partial charge in [-0.1, -0.05) is 57.5 Å². The summed E-state index contributed by atoms with van der Waals surface area (Å²) < 4.78 is 21.8. The number of halogens is 1. The Morgan fingerprint density at radius 2 is 1.77 bits per heavy atom. The molecule has 0 radical (unpaired) electrons. The Kier molecular flexibility index (Phi) is 5.22. The van der Waals surface area contributed by atoms with Gasteiger partial charge in [0.15, 0.2) is 0 Å². The number of rotatable bonds is 1. The lowest BCUT2D eigenvalue weighted by Gasteiger charge is -2.53. The maximum absolute atomic E-state index is 12.7. The third kappa shape index (κ3) is 3.35. The lowest BCUT2D eigenvalue weighted by atomic mass is 10.2. The highest BCUT2D eigenvalue weighted by atomic mass is 79.9. The quantitative estimate of drug-likeness (QED) is 0.598. The Balaban J connectivity index is 1.73. The number of aromatic amines is 1. The van der Waals surface area contributed by atoms with Crippen LogP contribution in [-0.4, -0.2) is 36.9 Å². The molecule has 2 aliphatic heterocycles. The second-order valence-corrected chi connectivity index (χ2v) is 15.9. The van der Waals surface area contributed by atoms with E-state index in [1.165, 1.54) is 4.57 Å². The first-order valence-electron chi connectivity index (χ1n) is 10.3. The zero-order valence-corrected chi connectivity index (χ0v) is 20.8. The van der Waals surface area contributed by atoms with E-state index >= 15 is 0 Å². The Labute approximate surface area is 185 Å². The molecular weight excluding hydrogens is 468 g/mol. The minimum absolute atomic E-state index is 0.123. The second-order valence-electron chi connectivity index (χ2n) is 10.2. The molecule has 4 rings (SSSR count). The van der Waals surface area contributed by atoms with E-state index < -0.39 is 26.0 Å². The van der Waals surface area contributed by atoms with Crippen molar-refractivity contribution in [3.05, 3.63) is 43.5 Å². The van der Waals surface area contributed by atoms with Gasteiger partial charge < -0.3 is 13.6 Å². The minimum atomic E-state index is -2.62. The van der Waals surface area contributed by atoms with Crippen LogP contribution in [0, 0.1) is 0 Å². The van der Waals surface area contributed by atoms with Gasteiger partial charge in [-0.2, -0.15) is 0 Å². The van der Waals surface area contributed by atoms with E-state index in [1.807, 2.05) is 6.07 Å². The van der Waals surface area contributed by atoms with Crippen molar-refractivity contribution in [1.82, 2.24) is 9.55 Å². The van der Waals surface area contributed by atoms with Gasteiger partial charge in [0.05, 0.1) is 23.6 Å². The molecule has 0 spiro atoms. The Morgan fingerprint density at radius 1 is 1.10 bits per heavy atom. The topological polar surface area (TPSA) is 82.5 Å². The zero-order chi connectivity index (χ0) is 22.1. The number of hydrogen-bond donors (Lipinski definition) is 1. The number of fused-ring (bicyclic) bond motifs is 2. The standard InChI is InChI=1S/C21H29BrN2O5Si/c1-20(2,3)30(21(4,5)6)27-11-16-15(29-30)10-17(28-16)24-14-8-7-12(22)9-13(14)18(25)23-19(24)26/h7-9,15-17H,10-11H2,1-6H3,(H,23,25,26)/t15-,16+,17-/m0/s1. The normalized spacial score (nSPS) is 26.7. The third-order valence-corrected chi connectivity index (χ3v) is 11.8. The highest BCUT2D eigenvalue weighted by Gasteiger charge is 2.63. The summed E-state index contributed by atoms with van der Waals surface area (Å²) in [7, 11) is -2.62. The predicted molar refractivity (Wildman–Crippen MR) is 121 cm³/mol. The van der Waals surface area contributed by atoms with Crippen molar-refractivity contribution in [2.75, 3.05) is 6.61 Å². The minimum Gasteiger partial charge on any atom is -0.391 e. The largest absolute Gasteiger partial charge is 0.391 e. The monoisotopic (exact) mass is 496 g/mol. The van der Waals surface area contributed by atoms with Gasteiger partial charge >= 0.3 is 14.3 Å². The molecule has 1 aromatic heterocycles. The first-order chi connectivity index (χ1) is 13.8. The summed E-state index contributed by atoms with van der Waals surface area (Å²) in [5.74, 6) is 0. The Bertz CT molecular complexity index is 1080. The fourth-order valence-corrected chi connectivity index (χ4v) is 10.3. The lowest BCUT2D eigenvalue weighted by Crippen LogP contribution is -2.64. The SMILES string of the molecule is CC(C)(C)[Si]1(C(C)(C)C)OC[C@H]2O[C@H](n3c(=O)[nH]c(=O)c4cc(Br)ccc43)C[C@@H]2O1. The molecule has 3 atom stereocenters. The van der Waals surface area contributed by atoms with Crippen molar-refractivity contribution in [2.24, 2.45) is 0 Å². The first-order valence-corrected chi connectivity index (χ1v) is 12.9. The number of nitrogens with one attached hydrogen (secondary N) is 1. The molecule has 3 heterocycles.